The lowest BCUT2D eigenvalue weighted by Gasteiger charge is -1.93. The molecule has 2 rings (SSSR count). The molecule has 0 bridgehead atoms. The molecule has 0 fully saturated rings. The number of hydrogen-bond donors (Lipinski definition) is 1. The van der Waals surface area contributed by atoms with Gasteiger partial charge in [0.25, 0.3) is 0 Å². The number of aromatic amines is 1. The van der Waals surface area contributed by atoms with Crippen molar-refractivity contribution < 1.29 is 0 Å². The van der Waals surface area contributed by atoms with E-state index in [0.717, 1.165) is 21.2 Å². The van der Waals surface area contributed by atoms with Crippen LogP contribution < -0.4 is 0 Å². The first-order chi connectivity index (χ1) is 5.66. The fourth-order valence-electron chi connectivity index (χ4n) is 1.17. The maximum absolute atomic E-state index is 5.77. The second-order valence-electron chi connectivity index (χ2n) is 2.64. The number of halogens is 2. The number of fused-ring (bicyclic) bond motifs is 1. The van der Waals surface area contributed by atoms with Gasteiger partial charge < -0.3 is 4.98 Å². The van der Waals surface area contributed by atoms with Gasteiger partial charge in [0.1, 0.15) is 10.8 Å². The van der Waals surface area contributed by atoms with Gasteiger partial charge in [0, 0.05) is 15.6 Å². The molecule has 62 valence electrons. The summed E-state index contributed by atoms with van der Waals surface area (Å²) in [7, 11) is 0. The Balaban J connectivity index is 2.88. The lowest BCUT2D eigenvalue weighted by atomic mass is 10.3. The molecule has 2 nitrogen and oxygen atoms in total. The molecule has 0 spiro atoms. The van der Waals surface area contributed by atoms with Crippen LogP contribution in [0.1, 0.15) is 5.69 Å². The van der Waals surface area contributed by atoms with Crippen molar-refractivity contribution in [2.45, 2.75) is 6.92 Å². The third kappa shape index (κ3) is 1.23. The van der Waals surface area contributed by atoms with Gasteiger partial charge in [-0.05, 0) is 35.0 Å². The van der Waals surface area contributed by atoms with E-state index in [4.69, 9.17) is 11.6 Å². The summed E-state index contributed by atoms with van der Waals surface area (Å²) in [5.74, 6) is 0. The fraction of sp³-hybridized carbons (Fsp3) is 0.125. The van der Waals surface area contributed by atoms with Gasteiger partial charge in [0.15, 0.2) is 0 Å². The van der Waals surface area contributed by atoms with Crippen molar-refractivity contribution in [2.24, 2.45) is 0 Å². The molecule has 1 N–H and O–H groups in total. The largest absolute Gasteiger partial charge is 0.343 e. The zero-order chi connectivity index (χ0) is 8.72. The number of nitrogens with one attached hydrogen (secondary N) is 1. The van der Waals surface area contributed by atoms with Crippen LogP contribution in [0.2, 0.25) is 5.15 Å². The van der Waals surface area contributed by atoms with E-state index < -0.39 is 0 Å². The van der Waals surface area contributed by atoms with E-state index in [1.165, 1.54) is 0 Å². The summed E-state index contributed by atoms with van der Waals surface area (Å²) < 4.78 is 0.974. The minimum absolute atomic E-state index is 0.497. The Bertz CT molecular complexity index is 436. The summed E-state index contributed by atoms with van der Waals surface area (Å²) in [6, 6.07) is 3.82. The number of rotatable bonds is 0. The summed E-state index contributed by atoms with van der Waals surface area (Å²) in [6.45, 7) is 1.99. The normalized spacial score (nSPS) is 10.9. The highest BCUT2D eigenvalue weighted by Crippen LogP contribution is 2.25. The smallest absolute Gasteiger partial charge is 0.140 e. The van der Waals surface area contributed by atoms with Crippen molar-refractivity contribution >= 4 is 38.6 Å². The van der Waals surface area contributed by atoms with E-state index in [0.29, 0.717) is 5.15 Å². The molecule has 0 unspecified atom stereocenters. The van der Waals surface area contributed by atoms with Gasteiger partial charge in [0.2, 0.25) is 0 Å². The maximum Gasteiger partial charge on any atom is 0.140 e. The van der Waals surface area contributed by atoms with Gasteiger partial charge in [-0.1, -0.05) is 11.6 Å². The lowest BCUT2D eigenvalue weighted by Crippen LogP contribution is -1.78. The zero-order valence-electron chi connectivity index (χ0n) is 6.36. The summed E-state index contributed by atoms with van der Waals surface area (Å²) in [5.41, 5.74) is 1.91. The Hall–Kier alpha value is -0.540. The van der Waals surface area contributed by atoms with Crippen molar-refractivity contribution in [3.8, 4) is 0 Å². The van der Waals surface area contributed by atoms with Crippen LogP contribution in [0.15, 0.2) is 16.6 Å². The van der Waals surface area contributed by atoms with Crippen molar-refractivity contribution in [1.29, 1.82) is 0 Å². The fourth-order valence-corrected chi connectivity index (χ4v) is 2.01. The molecule has 0 amide bonds. The molecule has 0 aliphatic heterocycles. The van der Waals surface area contributed by atoms with Crippen LogP contribution in [0.3, 0.4) is 0 Å². The first-order valence-electron chi connectivity index (χ1n) is 3.48. The monoisotopic (exact) mass is 244 g/mol. The van der Waals surface area contributed by atoms with Crippen LogP contribution in [0.5, 0.6) is 0 Å². The maximum atomic E-state index is 5.77. The van der Waals surface area contributed by atoms with Crippen molar-refractivity contribution in [3.05, 3.63) is 27.5 Å². The van der Waals surface area contributed by atoms with E-state index in [1.54, 1.807) is 6.07 Å². The zero-order valence-corrected chi connectivity index (χ0v) is 8.70. The summed E-state index contributed by atoms with van der Waals surface area (Å²) >= 11 is 9.19. The molecule has 0 aliphatic carbocycles. The van der Waals surface area contributed by atoms with Gasteiger partial charge >= 0.3 is 0 Å². The topological polar surface area (TPSA) is 28.7 Å². The molecular weight excluding hydrogens is 239 g/mol. The number of pyridine rings is 1. The van der Waals surface area contributed by atoms with E-state index in [1.807, 2.05) is 13.0 Å². The molecule has 0 saturated heterocycles. The molecule has 2 aromatic heterocycles. The molecule has 12 heavy (non-hydrogen) atoms. The second kappa shape index (κ2) is 2.75. The molecular formula is C8H6BrClN2. The van der Waals surface area contributed by atoms with Crippen molar-refractivity contribution in [1.82, 2.24) is 9.97 Å². The highest BCUT2D eigenvalue weighted by molar-refractivity contribution is 9.10. The molecule has 2 aromatic rings. The van der Waals surface area contributed by atoms with Crippen molar-refractivity contribution in [3.63, 3.8) is 0 Å². The number of hydrogen-bond acceptors (Lipinski definition) is 1. The van der Waals surface area contributed by atoms with Gasteiger partial charge in [-0.15, -0.1) is 0 Å². The van der Waals surface area contributed by atoms with Crippen LogP contribution in [-0.2, 0) is 0 Å². The summed E-state index contributed by atoms with van der Waals surface area (Å²) in [4.78, 5) is 7.25. The third-order valence-corrected chi connectivity index (χ3v) is 2.50. The quantitative estimate of drug-likeness (QED) is 0.709. The lowest BCUT2D eigenvalue weighted by molar-refractivity contribution is 1.25. The van der Waals surface area contributed by atoms with E-state index in [2.05, 4.69) is 25.9 Å². The minimum atomic E-state index is 0.497. The molecule has 4 heteroatoms. The van der Waals surface area contributed by atoms with Crippen LogP contribution in [0, 0.1) is 6.92 Å². The molecule has 0 aromatic carbocycles. The van der Waals surface area contributed by atoms with Crippen LogP contribution >= 0.6 is 27.5 Å². The first-order valence-corrected chi connectivity index (χ1v) is 4.65. The van der Waals surface area contributed by atoms with E-state index >= 15 is 0 Å². The van der Waals surface area contributed by atoms with Crippen LogP contribution in [0.25, 0.3) is 11.0 Å². The number of H-pyrrole nitrogens is 1. The summed E-state index contributed by atoms with van der Waals surface area (Å²) in [5, 5.41) is 1.56. The number of aryl methyl sites for hydroxylation is 1. The number of nitrogens with zero attached hydrogens (tertiary/aromatic N) is 1. The second-order valence-corrected chi connectivity index (χ2v) is 3.88. The van der Waals surface area contributed by atoms with Gasteiger partial charge in [-0.3, -0.25) is 0 Å². The predicted octanol–water partition coefficient (Wildman–Crippen LogP) is 3.29. The Morgan fingerprint density at radius 2 is 2.25 bits per heavy atom. The molecule has 0 aliphatic rings. The Morgan fingerprint density at radius 3 is 3.00 bits per heavy atom. The Kier molecular flexibility index (Phi) is 1.85. The average Bonchev–Trinajstić information content (AvgIpc) is 2.29. The highest BCUT2D eigenvalue weighted by Gasteiger charge is 2.04. The van der Waals surface area contributed by atoms with Gasteiger partial charge in [0.05, 0.1) is 0 Å². The third-order valence-electron chi connectivity index (χ3n) is 1.65. The van der Waals surface area contributed by atoms with Crippen LogP contribution in [-0.4, -0.2) is 9.97 Å². The molecule has 0 radical (unpaired) electrons. The predicted molar refractivity (Wildman–Crippen MR) is 53.5 cm³/mol. The van der Waals surface area contributed by atoms with E-state index in [-0.39, 0.29) is 0 Å². The minimum Gasteiger partial charge on any atom is -0.343 e. The Morgan fingerprint density at radius 1 is 1.50 bits per heavy atom. The molecule has 2 heterocycles. The standard InChI is InChI=1S/C8H6BrClN2/c1-4-2-5-6(9)3-7(10)12-8(5)11-4/h2-3H,1H3,(H,11,12). The highest BCUT2D eigenvalue weighted by atomic mass is 79.9. The SMILES string of the molecule is Cc1cc2c(Br)cc(Cl)nc2[nH]1. The van der Waals surface area contributed by atoms with Gasteiger partial charge in [-0.2, -0.15) is 0 Å². The van der Waals surface area contributed by atoms with Crippen LogP contribution in [0.4, 0.5) is 0 Å². The number of aromatic nitrogens is 2. The molecule has 0 atom stereocenters. The summed E-state index contributed by atoms with van der Waals surface area (Å²) in [6.07, 6.45) is 0. The van der Waals surface area contributed by atoms with E-state index in [9.17, 15) is 0 Å². The van der Waals surface area contributed by atoms with Gasteiger partial charge in [-0.25, -0.2) is 4.98 Å². The molecule has 0 saturated carbocycles. The van der Waals surface area contributed by atoms with Crippen molar-refractivity contribution in [2.75, 3.05) is 0 Å². The average molecular weight is 246 g/mol. The Labute approximate surface area is 83.1 Å². The first kappa shape index (κ1) is 8.08.